The van der Waals surface area contributed by atoms with Crippen LogP contribution in [0.25, 0.3) is 0 Å². The second kappa shape index (κ2) is 6.55. The summed E-state index contributed by atoms with van der Waals surface area (Å²) in [6.07, 6.45) is 2.57. The van der Waals surface area contributed by atoms with Crippen LogP contribution in [0.3, 0.4) is 0 Å². The van der Waals surface area contributed by atoms with Crippen molar-refractivity contribution < 1.29 is 4.74 Å². The van der Waals surface area contributed by atoms with Crippen LogP contribution in [0.1, 0.15) is 30.6 Å². The molecule has 0 aliphatic carbocycles. The molecule has 4 heteroatoms. The first-order chi connectivity index (χ1) is 9.19. The summed E-state index contributed by atoms with van der Waals surface area (Å²) < 4.78 is 5.65. The maximum Gasteiger partial charge on any atom is 0.138 e. The zero-order valence-corrected chi connectivity index (χ0v) is 11.6. The van der Waals surface area contributed by atoms with Gasteiger partial charge in [-0.3, -0.25) is 4.98 Å². The topological polar surface area (TPSA) is 48.1 Å². The molecule has 0 fully saturated rings. The van der Waals surface area contributed by atoms with Gasteiger partial charge in [0, 0.05) is 11.1 Å². The minimum Gasteiger partial charge on any atom is -0.487 e. The van der Waals surface area contributed by atoms with Crippen LogP contribution in [0.5, 0.6) is 5.75 Å². The van der Waals surface area contributed by atoms with E-state index >= 15 is 0 Å². The third-order valence-corrected chi connectivity index (χ3v) is 3.11. The monoisotopic (exact) mass is 276 g/mol. The van der Waals surface area contributed by atoms with Crippen LogP contribution < -0.4 is 10.5 Å². The zero-order valence-electron chi connectivity index (χ0n) is 10.8. The summed E-state index contributed by atoms with van der Waals surface area (Å²) in [5.74, 6) is 0.729. The van der Waals surface area contributed by atoms with E-state index in [1.807, 2.05) is 43.3 Å². The summed E-state index contributed by atoms with van der Waals surface area (Å²) in [5, 5.41) is 0.712. The molecule has 19 heavy (non-hydrogen) atoms. The van der Waals surface area contributed by atoms with E-state index < -0.39 is 0 Å². The predicted molar refractivity (Wildman–Crippen MR) is 77.2 cm³/mol. The molecular formula is C15H17ClN2O. The Morgan fingerprint density at radius 1 is 1.32 bits per heavy atom. The molecule has 1 aromatic heterocycles. The summed E-state index contributed by atoms with van der Waals surface area (Å²) in [5.41, 5.74) is 7.82. The van der Waals surface area contributed by atoms with Crippen LogP contribution in [-0.2, 0) is 6.61 Å². The van der Waals surface area contributed by atoms with E-state index in [0.29, 0.717) is 11.6 Å². The molecule has 2 N–H and O–H groups in total. The highest BCUT2D eigenvalue weighted by Crippen LogP contribution is 2.17. The standard InChI is InChI=1S/C15H17ClN2O/c1-2-14(17)15-7-6-13(9-18-15)19-10-11-4-3-5-12(16)8-11/h3-9,14H,2,10,17H2,1H3/t14-/m0/s1. The molecule has 1 atom stereocenters. The molecule has 0 aliphatic rings. The normalized spacial score (nSPS) is 12.2. The van der Waals surface area contributed by atoms with Gasteiger partial charge in [0.05, 0.1) is 11.9 Å². The smallest absolute Gasteiger partial charge is 0.138 e. The van der Waals surface area contributed by atoms with Crippen LogP contribution in [0.4, 0.5) is 0 Å². The van der Waals surface area contributed by atoms with E-state index in [-0.39, 0.29) is 6.04 Å². The number of hydrogen-bond donors (Lipinski definition) is 1. The Morgan fingerprint density at radius 2 is 2.16 bits per heavy atom. The van der Waals surface area contributed by atoms with Gasteiger partial charge in [0.15, 0.2) is 0 Å². The molecule has 1 heterocycles. The fourth-order valence-electron chi connectivity index (χ4n) is 1.70. The number of aromatic nitrogens is 1. The number of nitrogens with zero attached hydrogens (tertiary/aromatic N) is 1. The lowest BCUT2D eigenvalue weighted by Gasteiger charge is -2.10. The maximum absolute atomic E-state index is 5.92. The van der Waals surface area contributed by atoms with Crippen LogP contribution in [0, 0.1) is 0 Å². The Hall–Kier alpha value is -1.58. The Morgan fingerprint density at radius 3 is 2.79 bits per heavy atom. The molecule has 0 radical (unpaired) electrons. The largest absolute Gasteiger partial charge is 0.487 e. The number of ether oxygens (including phenoxy) is 1. The highest BCUT2D eigenvalue weighted by Gasteiger charge is 2.04. The highest BCUT2D eigenvalue weighted by molar-refractivity contribution is 6.30. The van der Waals surface area contributed by atoms with Gasteiger partial charge in [-0.1, -0.05) is 30.7 Å². The molecule has 0 unspecified atom stereocenters. The lowest BCUT2D eigenvalue weighted by atomic mass is 10.1. The van der Waals surface area contributed by atoms with E-state index in [9.17, 15) is 0 Å². The summed E-state index contributed by atoms with van der Waals surface area (Å²) in [6.45, 7) is 2.51. The predicted octanol–water partition coefficient (Wildman–Crippen LogP) is 3.72. The van der Waals surface area contributed by atoms with Gasteiger partial charge in [-0.15, -0.1) is 0 Å². The van der Waals surface area contributed by atoms with E-state index in [4.69, 9.17) is 22.1 Å². The van der Waals surface area contributed by atoms with E-state index in [2.05, 4.69) is 4.98 Å². The van der Waals surface area contributed by atoms with Crippen molar-refractivity contribution in [2.24, 2.45) is 5.73 Å². The van der Waals surface area contributed by atoms with Crippen LogP contribution in [0.2, 0.25) is 5.02 Å². The quantitative estimate of drug-likeness (QED) is 0.905. The van der Waals surface area contributed by atoms with Gasteiger partial charge >= 0.3 is 0 Å². The molecule has 2 rings (SSSR count). The Balaban J connectivity index is 1.96. The molecule has 2 aromatic rings. The van der Waals surface area contributed by atoms with Crippen molar-refractivity contribution in [3.05, 3.63) is 58.9 Å². The van der Waals surface area contributed by atoms with Crippen molar-refractivity contribution in [3.8, 4) is 5.75 Å². The van der Waals surface area contributed by atoms with Gasteiger partial charge in [0.2, 0.25) is 0 Å². The average Bonchev–Trinajstić information content (AvgIpc) is 2.45. The van der Waals surface area contributed by atoms with Crippen LogP contribution >= 0.6 is 11.6 Å². The maximum atomic E-state index is 5.92. The Bertz CT molecular complexity index is 528. The molecule has 0 aliphatic heterocycles. The number of nitrogens with two attached hydrogens (primary N) is 1. The lowest BCUT2D eigenvalue weighted by molar-refractivity contribution is 0.304. The van der Waals surface area contributed by atoms with Crippen LogP contribution in [0.15, 0.2) is 42.6 Å². The summed E-state index contributed by atoms with van der Waals surface area (Å²) in [6, 6.07) is 11.4. The number of rotatable bonds is 5. The van der Waals surface area contributed by atoms with Crippen molar-refractivity contribution in [1.29, 1.82) is 0 Å². The SMILES string of the molecule is CC[C@H](N)c1ccc(OCc2cccc(Cl)c2)cn1. The van der Waals surface area contributed by atoms with Gasteiger partial charge in [0.25, 0.3) is 0 Å². The van der Waals surface area contributed by atoms with Gasteiger partial charge in [-0.2, -0.15) is 0 Å². The highest BCUT2D eigenvalue weighted by atomic mass is 35.5. The first-order valence-electron chi connectivity index (χ1n) is 6.28. The molecule has 0 saturated heterocycles. The van der Waals surface area contributed by atoms with Gasteiger partial charge in [-0.05, 0) is 36.2 Å². The number of hydrogen-bond acceptors (Lipinski definition) is 3. The lowest BCUT2D eigenvalue weighted by Crippen LogP contribution is -2.10. The first kappa shape index (κ1) is 13.8. The van der Waals surface area contributed by atoms with Crippen molar-refractivity contribution >= 4 is 11.6 Å². The second-order valence-electron chi connectivity index (χ2n) is 4.35. The third kappa shape index (κ3) is 3.94. The summed E-state index contributed by atoms with van der Waals surface area (Å²) >= 11 is 5.92. The van der Waals surface area contributed by atoms with Crippen molar-refractivity contribution in [1.82, 2.24) is 4.98 Å². The average molecular weight is 277 g/mol. The van der Waals surface area contributed by atoms with Crippen molar-refractivity contribution in [2.75, 3.05) is 0 Å². The molecule has 0 saturated carbocycles. The number of pyridine rings is 1. The van der Waals surface area contributed by atoms with Gasteiger partial charge in [0.1, 0.15) is 12.4 Å². The fourth-order valence-corrected chi connectivity index (χ4v) is 1.91. The first-order valence-corrected chi connectivity index (χ1v) is 6.65. The second-order valence-corrected chi connectivity index (χ2v) is 4.79. The molecule has 3 nitrogen and oxygen atoms in total. The van der Waals surface area contributed by atoms with E-state index in [0.717, 1.165) is 23.4 Å². The Kier molecular flexibility index (Phi) is 4.77. The third-order valence-electron chi connectivity index (χ3n) is 2.87. The minimum absolute atomic E-state index is 0.0121. The molecule has 1 aromatic carbocycles. The van der Waals surface area contributed by atoms with Crippen LogP contribution in [-0.4, -0.2) is 4.98 Å². The van der Waals surface area contributed by atoms with Gasteiger partial charge < -0.3 is 10.5 Å². The molecular weight excluding hydrogens is 260 g/mol. The molecule has 0 bridgehead atoms. The van der Waals surface area contributed by atoms with E-state index in [1.54, 1.807) is 6.20 Å². The Labute approximate surface area is 118 Å². The minimum atomic E-state index is -0.0121. The van der Waals surface area contributed by atoms with Crippen molar-refractivity contribution in [3.63, 3.8) is 0 Å². The molecule has 100 valence electrons. The number of benzene rings is 1. The molecule has 0 spiro atoms. The van der Waals surface area contributed by atoms with Gasteiger partial charge in [-0.25, -0.2) is 0 Å². The summed E-state index contributed by atoms with van der Waals surface area (Å²) in [4.78, 5) is 4.30. The molecule has 0 amide bonds. The van der Waals surface area contributed by atoms with E-state index in [1.165, 1.54) is 0 Å². The van der Waals surface area contributed by atoms with Crippen molar-refractivity contribution in [2.45, 2.75) is 26.0 Å². The zero-order chi connectivity index (χ0) is 13.7. The fraction of sp³-hybridized carbons (Fsp3) is 0.267. The summed E-state index contributed by atoms with van der Waals surface area (Å²) in [7, 11) is 0. The number of halogens is 1.